The molecule has 23 N–H and O–H groups in total. The first-order chi connectivity index (χ1) is 38.3. The van der Waals surface area contributed by atoms with Crippen molar-refractivity contribution in [2.75, 3.05) is 38.3 Å². The van der Waals surface area contributed by atoms with Gasteiger partial charge in [-0.2, -0.15) is 31.0 Å². The molecule has 0 aromatic rings. The van der Waals surface area contributed by atoms with E-state index in [1.807, 2.05) is 0 Å². The number of carboxylic acid groups (broad SMARTS) is 2. The van der Waals surface area contributed by atoms with Crippen molar-refractivity contribution >= 4 is 90.9 Å². The molecule has 82 heavy (non-hydrogen) atoms. The molecule has 0 aromatic heterocycles. The molecule has 1 aliphatic rings. The van der Waals surface area contributed by atoms with Gasteiger partial charge in [0.1, 0.15) is 67.3 Å². The molecule has 0 bridgehead atoms. The summed E-state index contributed by atoms with van der Waals surface area (Å²) in [7, 11) is -5.12. The lowest BCUT2D eigenvalue weighted by molar-refractivity contribution is -0.144. The van der Waals surface area contributed by atoms with E-state index in [0.29, 0.717) is 18.7 Å². The van der Waals surface area contributed by atoms with E-state index in [1.165, 1.54) is 18.7 Å². The number of primary amides is 1. The monoisotopic (exact) mass is 1210 g/mol. The molecule has 0 saturated carbocycles. The third kappa shape index (κ3) is 27.9. The van der Waals surface area contributed by atoms with Crippen molar-refractivity contribution in [3.05, 3.63) is 0 Å². The Bertz CT molecular complexity index is 2180. The van der Waals surface area contributed by atoms with Crippen LogP contribution in [0.15, 0.2) is 0 Å². The highest BCUT2D eigenvalue weighted by Gasteiger charge is 2.42. The smallest absolute Gasteiger partial charge is 0.481 e. The van der Waals surface area contributed by atoms with Gasteiger partial charge in [-0.3, -0.25) is 58.1 Å². The molecule has 0 radical (unpaired) electrons. The molecule has 0 spiro atoms. The molecule has 35 heteroatoms. The van der Waals surface area contributed by atoms with E-state index in [0.717, 1.165) is 11.8 Å². The number of carbonyl (C=O) groups excluding carboxylic acids is 10. The van der Waals surface area contributed by atoms with E-state index in [4.69, 9.17) is 22.9 Å². The van der Waals surface area contributed by atoms with Crippen molar-refractivity contribution in [2.24, 2.45) is 34.8 Å². The van der Waals surface area contributed by atoms with Crippen molar-refractivity contribution in [3.63, 3.8) is 0 Å². The number of nitrogens with zero attached hydrogens (tertiary/aromatic N) is 1. The number of aliphatic hydroxyl groups is 1. The van der Waals surface area contributed by atoms with Crippen molar-refractivity contribution < 1.29 is 92.1 Å². The number of nitrogens with one attached hydrogen (secondary N) is 9. The third-order valence-electron chi connectivity index (χ3n) is 12.8. The number of thioether (sulfide) groups is 1. The number of aliphatic carboxylic acids is 2. The number of carbonyl (C=O) groups is 12. The molecule has 10 amide bonds. The number of hydrogen-bond donors (Lipinski definition) is 19. The van der Waals surface area contributed by atoms with Crippen molar-refractivity contribution in [1.82, 2.24) is 52.8 Å². The van der Waals surface area contributed by atoms with Gasteiger partial charge in [-0.25, -0.2) is 4.79 Å². The molecular weight excluding hydrogens is 1130 g/mol. The standard InChI is InChI=1S/C47H85N14O19PS/c1-7-24(4)36(60-42(71)32(22-80-81(77,78)79)59-37(66)25(5)53-39(68)27(12-14-34(49)63)54-38(67)26(48)10-8-17-52-47(50)51)44(73)55-28(13-15-35(64)65)40(69)57-30(20-23(2)3)45(74)61-18-9-11-33(61)43(72)58-31(21-62)41(70)56-29(46(75)76)16-19-82-6/h23-33,36,47,52,62,77-79H,7-22,48,50-51H2,1-6H3,(H11-,49,53,54,55,56,57,58,59,60,63,64,65,66,67,68,69,70,71,72,73,75,76)/p+1/t24-,25-,26-,27-,28-,29-,30-,31-,32-,33-,36-/m0/s1. The third-order valence-corrected chi connectivity index (χ3v) is 13.9. The van der Waals surface area contributed by atoms with Crippen LogP contribution < -0.4 is 70.8 Å². The quantitative estimate of drug-likeness (QED) is 0.0154. The molecular formula is C47H86N14O19PS+. The summed E-state index contributed by atoms with van der Waals surface area (Å²) in [6.45, 7) is 5.89. The highest BCUT2D eigenvalue weighted by Crippen LogP contribution is 2.45. The van der Waals surface area contributed by atoms with E-state index in [9.17, 15) is 87.5 Å². The Hall–Kier alpha value is -5.94. The average Bonchev–Trinajstić information content (AvgIpc) is 3.92. The summed E-state index contributed by atoms with van der Waals surface area (Å²) >= 11 is 1.34. The van der Waals surface area contributed by atoms with Crippen LogP contribution in [-0.2, 0) is 62.1 Å². The zero-order valence-corrected chi connectivity index (χ0v) is 48.6. The minimum Gasteiger partial charge on any atom is -0.481 e. The number of nitrogens with two attached hydrogens (primary N) is 4. The first-order valence-corrected chi connectivity index (χ1v) is 29.5. The summed E-state index contributed by atoms with van der Waals surface area (Å²) in [5.41, 5.74) is 22.1. The minimum atomic E-state index is -5.12. The SMILES string of the molecule is CC[C@H](C)[C@H](NC(=O)[C@H](CO[P+](O)(O)O)NC(=O)[C@H](C)NC(=O)[C@H](CCC(N)=O)NC(=O)[C@@H](N)CCCNC(N)N)C(=O)N[C@@H](CCC(=O)O)C(=O)N[C@@H](CC(C)C)C(=O)N1CCC[C@H]1C(=O)N[C@@H](CO)C(=O)N[C@@H](CCSC)C(=O)O. The minimum absolute atomic E-state index is 0.000702. The maximum Gasteiger partial charge on any atom is 0.567 e. The van der Waals surface area contributed by atoms with Crippen molar-refractivity contribution in [3.8, 4) is 0 Å². The van der Waals surface area contributed by atoms with Gasteiger partial charge in [0.15, 0.2) is 0 Å². The molecule has 468 valence electrons. The predicted octanol–water partition coefficient (Wildman–Crippen LogP) is -6.50. The lowest BCUT2D eigenvalue weighted by atomic mass is 9.97. The van der Waals surface area contributed by atoms with Gasteiger partial charge in [0.2, 0.25) is 59.1 Å². The van der Waals surface area contributed by atoms with Gasteiger partial charge in [-0.1, -0.05) is 34.1 Å². The van der Waals surface area contributed by atoms with Crippen LogP contribution in [0.25, 0.3) is 0 Å². The maximum absolute atomic E-state index is 14.3. The van der Waals surface area contributed by atoms with Gasteiger partial charge < -0.3 is 85.7 Å². The Morgan fingerprint density at radius 3 is 1.76 bits per heavy atom. The number of likely N-dealkylation sites (tertiary alicyclic amines) is 1. The number of carboxylic acids is 2. The van der Waals surface area contributed by atoms with Crippen LogP contribution in [0.3, 0.4) is 0 Å². The lowest BCUT2D eigenvalue weighted by Crippen LogP contribution is -2.61. The number of aliphatic hydroxyl groups excluding tert-OH is 1. The lowest BCUT2D eigenvalue weighted by Gasteiger charge is -2.32. The second-order valence-corrected chi connectivity index (χ2v) is 22.3. The highest BCUT2D eigenvalue weighted by atomic mass is 32.2. The summed E-state index contributed by atoms with van der Waals surface area (Å²) in [6, 6.07) is -15.0. The first kappa shape index (κ1) is 74.1. The summed E-state index contributed by atoms with van der Waals surface area (Å²) in [5, 5.41) is 50.9. The van der Waals surface area contributed by atoms with Crippen LogP contribution in [0.1, 0.15) is 105 Å². The Morgan fingerprint density at radius 1 is 0.671 bits per heavy atom. The molecule has 1 saturated heterocycles. The summed E-state index contributed by atoms with van der Waals surface area (Å²) in [6.07, 6.45) is -0.0854. The molecule has 1 fully saturated rings. The number of amides is 10. The summed E-state index contributed by atoms with van der Waals surface area (Å²) in [4.78, 5) is 189. The Morgan fingerprint density at radius 2 is 1.22 bits per heavy atom. The zero-order chi connectivity index (χ0) is 62.6. The van der Waals surface area contributed by atoms with Gasteiger partial charge in [-0.15, -0.1) is 0 Å². The van der Waals surface area contributed by atoms with Crippen LogP contribution in [0.4, 0.5) is 0 Å². The molecule has 0 aliphatic carbocycles. The molecule has 0 unspecified atom stereocenters. The highest BCUT2D eigenvalue weighted by molar-refractivity contribution is 7.98. The van der Waals surface area contributed by atoms with Gasteiger partial charge in [-0.05, 0) is 88.7 Å². The van der Waals surface area contributed by atoms with Crippen LogP contribution in [-0.4, -0.2) is 211 Å². The van der Waals surface area contributed by atoms with E-state index >= 15 is 0 Å². The van der Waals surface area contributed by atoms with E-state index in [-0.39, 0.29) is 57.4 Å². The second-order valence-electron chi connectivity index (χ2n) is 20.1. The summed E-state index contributed by atoms with van der Waals surface area (Å²) in [5.74, 6) is -13.3. The second kappa shape index (κ2) is 37.3. The largest absolute Gasteiger partial charge is 0.567 e. The Labute approximate surface area is 479 Å². The summed E-state index contributed by atoms with van der Waals surface area (Å²) < 4.78 is 4.65. The fourth-order valence-corrected chi connectivity index (χ4v) is 8.86. The van der Waals surface area contributed by atoms with Gasteiger partial charge >= 0.3 is 20.1 Å². The fraction of sp³-hybridized carbons (Fsp3) is 0.745. The first-order valence-electron chi connectivity index (χ1n) is 26.5. The molecule has 33 nitrogen and oxygen atoms in total. The Balaban J connectivity index is 3.43. The van der Waals surface area contributed by atoms with Crippen molar-refractivity contribution in [1.29, 1.82) is 0 Å². The van der Waals surface area contributed by atoms with E-state index < -0.39 is 184 Å². The van der Waals surface area contributed by atoms with Crippen LogP contribution in [0, 0.1) is 11.8 Å². The molecule has 1 heterocycles. The van der Waals surface area contributed by atoms with Gasteiger partial charge in [0.05, 0.1) is 12.6 Å². The molecule has 1 aliphatic heterocycles. The average molecular weight is 1210 g/mol. The van der Waals surface area contributed by atoms with Crippen molar-refractivity contribution in [2.45, 2.75) is 172 Å². The normalized spacial score (nSPS) is 17.1. The van der Waals surface area contributed by atoms with Gasteiger partial charge in [0, 0.05) is 19.4 Å². The van der Waals surface area contributed by atoms with Crippen LogP contribution in [0.5, 0.6) is 0 Å². The topological polar surface area (TPSA) is 551 Å². The van der Waals surface area contributed by atoms with E-state index in [2.05, 4.69) is 52.4 Å². The van der Waals surface area contributed by atoms with Crippen LogP contribution in [0.2, 0.25) is 0 Å². The molecule has 0 aromatic carbocycles. The van der Waals surface area contributed by atoms with E-state index in [1.54, 1.807) is 27.0 Å². The molecule has 1 rings (SSSR count). The predicted molar refractivity (Wildman–Crippen MR) is 295 cm³/mol. The maximum atomic E-state index is 14.3. The van der Waals surface area contributed by atoms with Gasteiger partial charge in [0.25, 0.3) is 0 Å². The number of hydrogen-bond acceptors (Lipinski definition) is 22. The molecule has 11 atom stereocenters. The fourth-order valence-electron chi connectivity index (χ4n) is 8.04. The van der Waals surface area contributed by atoms with Crippen LogP contribution >= 0.6 is 19.9 Å². The zero-order valence-electron chi connectivity index (χ0n) is 46.9. The number of rotatable bonds is 40. The Kier molecular flexibility index (Phi) is 33.7.